The molecule has 0 fully saturated rings. The van der Waals surface area contributed by atoms with E-state index in [1.165, 1.54) is 18.2 Å². The van der Waals surface area contributed by atoms with Crippen molar-refractivity contribution in [3.05, 3.63) is 58.1 Å². The molecule has 2 aromatic rings. The van der Waals surface area contributed by atoms with Crippen molar-refractivity contribution in [3.63, 3.8) is 0 Å². The van der Waals surface area contributed by atoms with Crippen LogP contribution in [0, 0.1) is 6.92 Å². The third-order valence-electron chi connectivity index (χ3n) is 2.85. The van der Waals surface area contributed by atoms with Gasteiger partial charge in [-0.15, -0.1) is 0 Å². The summed E-state index contributed by atoms with van der Waals surface area (Å²) in [4.78, 5) is 0. The van der Waals surface area contributed by atoms with Crippen LogP contribution in [0.1, 0.15) is 11.1 Å². The Bertz CT molecular complexity index is 701. The predicted molar refractivity (Wildman–Crippen MR) is 90.2 cm³/mol. The van der Waals surface area contributed by atoms with Crippen molar-refractivity contribution in [1.82, 2.24) is 0 Å². The van der Waals surface area contributed by atoms with Gasteiger partial charge in [-0.25, -0.2) is 0 Å². The van der Waals surface area contributed by atoms with E-state index in [4.69, 9.17) is 12.2 Å². The molecule has 0 heterocycles. The minimum absolute atomic E-state index is 0.0845. The number of nitrogens with one attached hydrogen (secondary N) is 2. The molecule has 0 amide bonds. The smallest absolute Gasteiger partial charge is 0.332 e. The summed E-state index contributed by atoms with van der Waals surface area (Å²) >= 11 is 8.46. The molecule has 0 spiro atoms. The van der Waals surface area contributed by atoms with Gasteiger partial charge in [-0.05, 0) is 64.9 Å². The van der Waals surface area contributed by atoms with Crippen molar-refractivity contribution in [2.75, 3.05) is 10.6 Å². The number of benzene rings is 2. The number of aryl methyl sites for hydroxylation is 1. The molecule has 0 aliphatic carbocycles. The fourth-order valence-electron chi connectivity index (χ4n) is 1.84. The molecule has 0 aliphatic rings. The minimum atomic E-state index is -4.44. The van der Waals surface area contributed by atoms with Crippen molar-refractivity contribution in [2.24, 2.45) is 0 Å². The van der Waals surface area contributed by atoms with E-state index in [0.717, 1.165) is 16.1 Å². The number of hydrogen-bond donors (Lipinski definition) is 2. The SMILES string of the molecule is Cc1ccc(NC(=S)Nc2ccccc2C(F)(F)F)c(Br)c1. The van der Waals surface area contributed by atoms with Gasteiger partial charge in [-0.3, -0.25) is 0 Å². The summed E-state index contributed by atoms with van der Waals surface area (Å²) in [7, 11) is 0. The Morgan fingerprint density at radius 2 is 1.68 bits per heavy atom. The molecule has 2 nitrogen and oxygen atoms in total. The number of alkyl halides is 3. The third kappa shape index (κ3) is 4.20. The monoisotopic (exact) mass is 388 g/mol. The summed E-state index contributed by atoms with van der Waals surface area (Å²) < 4.78 is 39.5. The van der Waals surface area contributed by atoms with Crippen LogP contribution in [0.25, 0.3) is 0 Å². The van der Waals surface area contributed by atoms with E-state index in [0.29, 0.717) is 5.69 Å². The molecule has 0 aliphatic heterocycles. The van der Waals surface area contributed by atoms with Crippen LogP contribution >= 0.6 is 28.1 Å². The van der Waals surface area contributed by atoms with Crippen molar-refractivity contribution in [2.45, 2.75) is 13.1 Å². The second-order valence-electron chi connectivity index (χ2n) is 4.61. The lowest BCUT2D eigenvalue weighted by Crippen LogP contribution is -2.21. The fourth-order valence-corrected chi connectivity index (χ4v) is 2.65. The van der Waals surface area contributed by atoms with Crippen molar-refractivity contribution < 1.29 is 13.2 Å². The quantitative estimate of drug-likeness (QED) is 0.656. The Kier molecular flexibility index (Phi) is 5.08. The van der Waals surface area contributed by atoms with E-state index in [-0.39, 0.29) is 10.8 Å². The third-order valence-corrected chi connectivity index (χ3v) is 3.71. The molecule has 0 saturated heterocycles. The Labute approximate surface area is 139 Å². The Balaban J connectivity index is 2.16. The summed E-state index contributed by atoms with van der Waals surface area (Å²) in [5, 5.41) is 5.54. The summed E-state index contributed by atoms with van der Waals surface area (Å²) in [5.74, 6) is 0. The molecule has 0 radical (unpaired) electrons. The lowest BCUT2D eigenvalue weighted by molar-refractivity contribution is -0.136. The van der Waals surface area contributed by atoms with Crippen molar-refractivity contribution in [3.8, 4) is 0 Å². The fraction of sp³-hybridized carbons (Fsp3) is 0.133. The average molecular weight is 389 g/mol. The van der Waals surface area contributed by atoms with E-state index >= 15 is 0 Å². The van der Waals surface area contributed by atoms with Gasteiger partial charge in [0.15, 0.2) is 5.11 Å². The topological polar surface area (TPSA) is 24.1 Å². The highest BCUT2D eigenvalue weighted by molar-refractivity contribution is 9.10. The highest BCUT2D eigenvalue weighted by Crippen LogP contribution is 2.34. The number of rotatable bonds is 2. The van der Waals surface area contributed by atoms with Crippen molar-refractivity contribution in [1.29, 1.82) is 0 Å². The zero-order valence-corrected chi connectivity index (χ0v) is 13.9. The molecule has 22 heavy (non-hydrogen) atoms. The van der Waals surface area contributed by atoms with Gasteiger partial charge in [0.25, 0.3) is 0 Å². The summed E-state index contributed by atoms with van der Waals surface area (Å²) in [6, 6.07) is 10.7. The van der Waals surface area contributed by atoms with E-state index in [1.807, 2.05) is 19.1 Å². The summed E-state index contributed by atoms with van der Waals surface area (Å²) in [6.07, 6.45) is -4.44. The lowest BCUT2D eigenvalue weighted by atomic mass is 10.1. The average Bonchev–Trinajstić information content (AvgIpc) is 2.41. The molecule has 2 rings (SSSR count). The van der Waals surface area contributed by atoms with Gasteiger partial charge in [-0.2, -0.15) is 13.2 Å². The van der Waals surface area contributed by atoms with Crippen LogP contribution < -0.4 is 10.6 Å². The number of halogens is 4. The maximum Gasteiger partial charge on any atom is 0.418 e. The van der Waals surface area contributed by atoms with Gasteiger partial charge < -0.3 is 10.6 Å². The molecular formula is C15H12BrF3N2S. The van der Waals surface area contributed by atoms with Crippen LogP contribution in [0.2, 0.25) is 0 Å². The van der Waals surface area contributed by atoms with Gasteiger partial charge in [0, 0.05) is 4.47 Å². The molecule has 7 heteroatoms. The lowest BCUT2D eigenvalue weighted by Gasteiger charge is -2.16. The molecule has 0 saturated carbocycles. The first kappa shape index (κ1) is 16.8. The normalized spacial score (nSPS) is 11.1. The predicted octanol–water partition coefficient (Wildman–Crippen LogP) is 5.59. The number of para-hydroxylation sites is 1. The van der Waals surface area contributed by atoms with Gasteiger partial charge in [0.05, 0.1) is 16.9 Å². The Morgan fingerprint density at radius 1 is 1.05 bits per heavy atom. The summed E-state index contributed by atoms with van der Waals surface area (Å²) in [6.45, 7) is 1.94. The zero-order chi connectivity index (χ0) is 16.3. The van der Waals surface area contributed by atoms with Crippen LogP contribution in [-0.4, -0.2) is 5.11 Å². The molecule has 0 aromatic heterocycles. The highest BCUT2D eigenvalue weighted by atomic mass is 79.9. The first-order valence-electron chi connectivity index (χ1n) is 6.28. The maximum atomic E-state index is 12.9. The van der Waals surface area contributed by atoms with Gasteiger partial charge >= 0.3 is 6.18 Å². The molecule has 2 aromatic carbocycles. The van der Waals surface area contributed by atoms with E-state index in [1.54, 1.807) is 6.07 Å². The Hall–Kier alpha value is -1.60. The van der Waals surface area contributed by atoms with Crippen LogP contribution in [0.15, 0.2) is 46.9 Å². The highest BCUT2D eigenvalue weighted by Gasteiger charge is 2.33. The minimum Gasteiger partial charge on any atom is -0.332 e. The number of anilines is 2. The molecule has 116 valence electrons. The second-order valence-corrected chi connectivity index (χ2v) is 5.87. The van der Waals surface area contributed by atoms with Crippen molar-refractivity contribution >= 4 is 44.6 Å². The van der Waals surface area contributed by atoms with E-state index in [9.17, 15) is 13.2 Å². The molecule has 0 bridgehead atoms. The van der Waals surface area contributed by atoms with E-state index < -0.39 is 11.7 Å². The molecule has 2 N–H and O–H groups in total. The molecule has 0 atom stereocenters. The van der Waals surface area contributed by atoms with Gasteiger partial charge in [-0.1, -0.05) is 18.2 Å². The van der Waals surface area contributed by atoms with Gasteiger partial charge in [0.1, 0.15) is 0 Å². The first-order valence-corrected chi connectivity index (χ1v) is 7.48. The van der Waals surface area contributed by atoms with Crippen LogP contribution in [0.5, 0.6) is 0 Å². The van der Waals surface area contributed by atoms with Crippen LogP contribution in [-0.2, 0) is 6.18 Å². The second kappa shape index (κ2) is 6.66. The molecule has 0 unspecified atom stereocenters. The first-order chi connectivity index (χ1) is 10.3. The molecular weight excluding hydrogens is 377 g/mol. The van der Waals surface area contributed by atoms with Crippen LogP contribution in [0.3, 0.4) is 0 Å². The summed E-state index contributed by atoms with van der Waals surface area (Å²) in [5.41, 5.74) is 0.879. The zero-order valence-electron chi connectivity index (χ0n) is 11.5. The number of thiocarbonyl (C=S) groups is 1. The van der Waals surface area contributed by atoms with Gasteiger partial charge in [0.2, 0.25) is 0 Å². The van der Waals surface area contributed by atoms with E-state index in [2.05, 4.69) is 26.6 Å². The Morgan fingerprint density at radius 3 is 2.32 bits per heavy atom. The van der Waals surface area contributed by atoms with Crippen LogP contribution in [0.4, 0.5) is 24.5 Å². The standard InChI is InChI=1S/C15H12BrF3N2S/c1-9-6-7-13(11(16)8-9)21-14(22)20-12-5-3-2-4-10(12)15(17,18)19/h2-8H,1H3,(H2,20,21,22). The maximum absolute atomic E-state index is 12.9. The largest absolute Gasteiger partial charge is 0.418 e. The number of hydrogen-bond acceptors (Lipinski definition) is 1.